The van der Waals surface area contributed by atoms with E-state index in [1.807, 2.05) is 29.3 Å². The number of amides is 2. The van der Waals surface area contributed by atoms with Crippen LogP contribution in [0.3, 0.4) is 0 Å². The number of aryl methyl sites for hydroxylation is 2. The number of anilines is 2. The molecule has 1 fully saturated rings. The third-order valence-electron chi connectivity index (χ3n) is 5.42. The summed E-state index contributed by atoms with van der Waals surface area (Å²) in [7, 11) is 0. The summed E-state index contributed by atoms with van der Waals surface area (Å²) in [6.45, 7) is 2.62. The first kappa shape index (κ1) is 18.9. The van der Waals surface area contributed by atoms with Crippen LogP contribution in [0.25, 0.3) is 11.3 Å². The summed E-state index contributed by atoms with van der Waals surface area (Å²) in [5, 5.41) is 5.22. The number of nitrogens with one attached hydrogen (secondary N) is 1. The van der Waals surface area contributed by atoms with E-state index in [1.54, 1.807) is 6.20 Å². The molecule has 3 heterocycles. The lowest BCUT2D eigenvalue weighted by Gasteiger charge is -2.30. The topological polar surface area (TPSA) is 88.1 Å². The lowest BCUT2D eigenvalue weighted by molar-refractivity contribution is -0.119. The van der Waals surface area contributed by atoms with Crippen LogP contribution in [-0.4, -0.2) is 33.3 Å². The molecule has 0 radical (unpaired) electrons. The molecule has 5 rings (SSSR count). The van der Waals surface area contributed by atoms with Crippen LogP contribution in [-0.2, 0) is 11.2 Å². The standard InChI is InChI=1S/C22H21N5O2S/c1-13-10-24-17(11-23-13)20(28)26-22-25-18(12-30-22)15-6-7-19-16(9-15)3-2-8-27(19)21(29)14-4-5-14/h6-7,9-12,14H,2-5,8H2,1H3,(H,25,26,28). The van der Waals surface area contributed by atoms with Crippen molar-refractivity contribution in [2.75, 3.05) is 16.8 Å². The predicted molar refractivity (Wildman–Crippen MR) is 116 cm³/mol. The molecule has 2 aromatic heterocycles. The summed E-state index contributed by atoms with van der Waals surface area (Å²) in [6.07, 6.45) is 6.99. The SMILES string of the molecule is Cc1cnc(C(=O)Nc2nc(-c3ccc4c(c3)CCCN4C(=O)C3CC3)cs2)cn1. The van der Waals surface area contributed by atoms with E-state index in [4.69, 9.17) is 0 Å². The number of thiazole rings is 1. The third-order valence-corrected chi connectivity index (χ3v) is 6.18. The van der Waals surface area contributed by atoms with Gasteiger partial charge in [0, 0.05) is 35.3 Å². The van der Waals surface area contributed by atoms with Gasteiger partial charge in [0.15, 0.2) is 5.13 Å². The minimum Gasteiger partial charge on any atom is -0.312 e. The summed E-state index contributed by atoms with van der Waals surface area (Å²) >= 11 is 1.37. The molecule has 0 atom stereocenters. The first-order chi connectivity index (χ1) is 14.6. The van der Waals surface area contributed by atoms with Crippen molar-refractivity contribution < 1.29 is 9.59 Å². The fourth-order valence-electron chi connectivity index (χ4n) is 3.67. The fraction of sp³-hybridized carbons (Fsp3) is 0.318. The molecule has 1 aromatic carbocycles. The van der Waals surface area contributed by atoms with Gasteiger partial charge in [0.25, 0.3) is 5.91 Å². The highest BCUT2D eigenvalue weighted by Gasteiger charge is 2.35. The van der Waals surface area contributed by atoms with Crippen molar-refractivity contribution >= 4 is 34.0 Å². The molecular weight excluding hydrogens is 398 g/mol. The zero-order chi connectivity index (χ0) is 20.7. The Morgan fingerprint density at radius 2 is 2.07 bits per heavy atom. The van der Waals surface area contributed by atoms with Gasteiger partial charge in [-0.25, -0.2) is 9.97 Å². The Balaban J connectivity index is 1.34. The number of hydrogen-bond acceptors (Lipinski definition) is 6. The molecule has 0 saturated heterocycles. The second-order valence-corrected chi connectivity index (χ2v) is 8.60. The molecule has 1 aliphatic carbocycles. The fourth-order valence-corrected chi connectivity index (χ4v) is 4.39. The smallest absolute Gasteiger partial charge is 0.277 e. The van der Waals surface area contributed by atoms with E-state index in [0.717, 1.165) is 54.9 Å². The molecule has 1 aliphatic heterocycles. The summed E-state index contributed by atoms with van der Waals surface area (Å²) in [5.41, 5.74) is 5.02. The van der Waals surface area contributed by atoms with Crippen molar-refractivity contribution in [1.29, 1.82) is 0 Å². The van der Waals surface area contributed by atoms with E-state index in [0.29, 0.717) is 5.13 Å². The van der Waals surface area contributed by atoms with Crippen molar-refractivity contribution in [1.82, 2.24) is 15.0 Å². The Bertz CT molecular complexity index is 1120. The van der Waals surface area contributed by atoms with Crippen molar-refractivity contribution in [3.63, 3.8) is 0 Å². The van der Waals surface area contributed by atoms with E-state index in [1.165, 1.54) is 23.1 Å². The summed E-state index contributed by atoms with van der Waals surface area (Å²) in [4.78, 5) is 39.6. The molecule has 0 unspecified atom stereocenters. The highest BCUT2D eigenvalue weighted by atomic mass is 32.1. The van der Waals surface area contributed by atoms with Gasteiger partial charge in [-0.15, -0.1) is 11.3 Å². The molecular formula is C22H21N5O2S. The minimum atomic E-state index is -0.330. The predicted octanol–water partition coefficient (Wildman–Crippen LogP) is 3.85. The molecule has 2 aliphatic rings. The number of carbonyl (C=O) groups is 2. The number of aromatic nitrogens is 3. The monoisotopic (exact) mass is 419 g/mol. The Labute approximate surface area is 178 Å². The summed E-state index contributed by atoms with van der Waals surface area (Å²) in [5.74, 6) is 0.156. The van der Waals surface area contributed by atoms with E-state index < -0.39 is 0 Å². The van der Waals surface area contributed by atoms with Crippen LogP contribution in [0.2, 0.25) is 0 Å². The summed E-state index contributed by atoms with van der Waals surface area (Å²) < 4.78 is 0. The first-order valence-electron chi connectivity index (χ1n) is 10.1. The number of nitrogens with zero attached hydrogens (tertiary/aromatic N) is 4. The van der Waals surface area contributed by atoms with Gasteiger partial charge >= 0.3 is 0 Å². The number of hydrogen-bond donors (Lipinski definition) is 1. The third kappa shape index (κ3) is 3.70. The quantitative estimate of drug-likeness (QED) is 0.694. The molecule has 152 valence electrons. The van der Waals surface area contributed by atoms with Gasteiger partial charge in [-0.1, -0.05) is 6.07 Å². The van der Waals surface area contributed by atoms with Gasteiger partial charge in [0.1, 0.15) is 5.69 Å². The van der Waals surface area contributed by atoms with Crippen LogP contribution in [0.15, 0.2) is 36.0 Å². The van der Waals surface area contributed by atoms with Crippen LogP contribution < -0.4 is 10.2 Å². The van der Waals surface area contributed by atoms with E-state index >= 15 is 0 Å². The van der Waals surface area contributed by atoms with Crippen molar-refractivity contribution in [2.45, 2.75) is 32.6 Å². The summed E-state index contributed by atoms with van der Waals surface area (Å²) in [6, 6.07) is 6.15. The Kier molecular flexibility index (Phi) is 4.78. The van der Waals surface area contributed by atoms with Crippen LogP contribution in [0.4, 0.5) is 10.8 Å². The Hall–Kier alpha value is -3.13. The van der Waals surface area contributed by atoms with Crippen molar-refractivity contribution in [3.8, 4) is 11.3 Å². The molecule has 0 spiro atoms. The van der Waals surface area contributed by atoms with Gasteiger partial charge in [-0.3, -0.25) is 19.9 Å². The van der Waals surface area contributed by atoms with Crippen molar-refractivity contribution in [2.24, 2.45) is 5.92 Å². The molecule has 8 heteroatoms. The van der Waals surface area contributed by atoms with Gasteiger partial charge in [0.2, 0.25) is 5.91 Å². The maximum Gasteiger partial charge on any atom is 0.277 e. The van der Waals surface area contributed by atoms with Gasteiger partial charge in [-0.05, 0) is 50.3 Å². The molecule has 1 saturated carbocycles. The van der Waals surface area contributed by atoms with E-state index in [-0.39, 0.29) is 23.4 Å². The van der Waals surface area contributed by atoms with Crippen molar-refractivity contribution in [3.05, 3.63) is 52.9 Å². The lowest BCUT2D eigenvalue weighted by Crippen LogP contribution is -2.36. The number of fused-ring (bicyclic) bond motifs is 1. The number of rotatable bonds is 4. The molecule has 3 aromatic rings. The van der Waals surface area contributed by atoms with Crippen LogP contribution in [0, 0.1) is 12.8 Å². The highest BCUT2D eigenvalue weighted by molar-refractivity contribution is 7.14. The number of carbonyl (C=O) groups excluding carboxylic acids is 2. The van der Waals surface area contributed by atoms with Crippen LogP contribution in [0.1, 0.15) is 41.0 Å². The van der Waals surface area contributed by atoms with Crippen LogP contribution in [0.5, 0.6) is 0 Å². The maximum atomic E-state index is 12.6. The second-order valence-electron chi connectivity index (χ2n) is 7.75. The van der Waals surface area contributed by atoms with Gasteiger partial charge in [0.05, 0.1) is 17.6 Å². The second kappa shape index (κ2) is 7.60. The highest BCUT2D eigenvalue weighted by Crippen LogP contribution is 2.37. The average Bonchev–Trinajstić information content (AvgIpc) is 3.51. The Morgan fingerprint density at radius 3 is 2.83 bits per heavy atom. The van der Waals surface area contributed by atoms with Crippen LogP contribution >= 0.6 is 11.3 Å². The maximum absolute atomic E-state index is 12.6. The Morgan fingerprint density at radius 1 is 1.20 bits per heavy atom. The molecule has 30 heavy (non-hydrogen) atoms. The molecule has 0 bridgehead atoms. The molecule has 7 nitrogen and oxygen atoms in total. The van der Waals surface area contributed by atoms with E-state index in [2.05, 4.69) is 26.3 Å². The largest absolute Gasteiger partial charge is 0.312 e. The average molecular weight is 420 g/mol. The molecule has 2 amide bonds. The molecule has 1 N–H and O–H groups in total. The lowest BCUT2D eigenvalue weighted by atomic mass is 9.98. The van der Waals surface area contributed by atoms with E-state index in [9.17, 15) is 9.59 Å². The van der Waals surface area contributed by atoms with Gasteiger partial charge in [-0.2, -0.15) is 0 Å². The zero-order valence-electron chi connectivity index (χ0n) is 16.6. The normalized spacial score (nSPS) is 15.6. The first-order valence-corrected chi connectivity index (χ1v) is 11.0. The van der Waals surface area contributed by atoms with Gasteiger partial charge < -0.3 is 4.90 Å². The number of benzene rings is 1. The zero-order valence-corrected chi connectivity index (χ0v) is 17.4. The minimum absolute atomic E-state index is 0.221.